The van der Waals surface area contributed by atoms with Crippen LogP contribution in [0.3, 0.4) is 0 Å². The smallest absolute Gasteiger partial charge is 0.407 e. The van der Waals surface area contributed by atoms with E-state index >= 15 is 0 Å². The van der Waals surface area contributed by atoms with Gasteiger partial charge in [-0.25, -0.2) is 4.79 Å². The number of rotatable bonds is 4. The maximum Gasteiger partial charge on any atom is 0.407 e. The van der Waals surface area contributed by atoms with E-state index in [2.05, 4.69) is 29.6 Å². The number of amides is 1. The molecule has 0 saturated carbocycles. The normalized spacial score (nSPS) is 19.0. The number of benzene rings is 2. The van der Waals surface area contributed by atoms with Crippen LogP contribution in [-0.4, -0.2) is 42.7 Å². The molecule has 1 heterocycles. The molecule has 0 radical (unpaired) electrons. The number of ether oxygens (including phenoxy) is 2. The molecule has 1 unspecified atom stereocenters. The lowest BCUT2D eigenvalue weighted by Crippen LogP contribution is -2.53. The van der Waals surface area contributed by atoms with Crippen molar-refractivity contribution >= 4 is 6.09 Å². The first-order valence-electron chi connectivity index (χ1n) is 9.50. The standard InChI is InChI=1S/C22H25NO4/c1-15(22(25)10-12-26-13-11-22)23-21(24)27-14-20-18-8-4-2-6-16(18)17-7-3-5-9-19(17)20/h2-9,15,20,25H,10-14H2,1H3,(H,23,24). The summed E-state index contributed by atoms with van der Waals surface area (Å²) in [6.45, 7) is 3.10. The average Bonchev–Trinajstić information content (AvgIpc) is 3.01. The third kappa shape index (κ3) is 3.45. The molecule has 5 heteroatoms. The van der Waals surface area contributed by atoms with E-state index in [1.54, 1.807) is 0 Å². The van der Waals surface area contributed by atoms with Gasteiger partial charge in [0, 0.05) is 32.0 Å². The maximum absolute atomic E-state index is 12.3. The summed E-state index contributed by atoms with van der Waals surface area (Å²) in [5.74, 6) is 0.0321. The fraction of sp³-hybridized carbons (Fsp3) is 0.409. The van der Waals surface area contributed by atoms with Gasteiger partial charge < -0.3 is 19.9 Å². The molecule has 0 bridgehead atoms. The van der Waals surface area contributed by atoms with E-state index in [0.717, 1.165) is 0 Å². The Hall–Kier alpha value is -2.37. The molecule has 5 nitrogen and oxygen atoms in total. The van der Waals surface area contributed by atoms with Crippen molar-refractivity contribution in [3.8, 4) is 11.1 Å². The zero-order valence-corrected chi connectivity index (χ0v) is 15.5. The van der Waals surface area contributed by atoms with Crippen LogP contribution in [0.1, 0.15) is 36.8 Å². The second-order valence-corrected chi connectivity index (χ2v) is 7.41. The Labute approximate surface area is 159 Å². The van der Waals surface area contributed by atoms with Crippen molar-refractivity contribution in [2.45, 2.75) is 37.3 Å². The van der Waals surface area contributed by atoms with Crippen molar-refractivity contribution in [2.75, 3.05) is 19.8 Å². The van der Waals surface area contributed by atoms with E-state index in [4.69, 9.17) is 9.47 Å². The topological polar surface area (TPSA) is 67.8 Å². The molecule has 1 amide bonds. The van der Waals surface area contributed by atoms with Crippen LogP contribution >= 0.6 is 0 Å². The van der Waals surface area contributed by atoms with Crippen LogP contribution in [-0.2, 0) is 9.47 Å². The molecule has 2 aliphatic rings. The van der Waals surface area contributed by atoms with Crippen LogP contribution < -0.4 is 5.32 Å². The summed E-state index contributed by atoms with van der Waals surface area (Å²) < 4.78 is 10.9. The first-order chi connectivity index (χ1) is 13.1. The van der Waals surface area contributed by atoms with Gasteiger partial charge >= 0.3 is 6.09 Å². The van der Waals surface area contributed by atoms with Crippen LogP contribution in [0.4, 0.5) is 4.79 Å². The second kappa shape index (κ2) is 7.33. The summed E-state index contributed by atoms with van der Waals surface area (Å²) in [6, 6.07) is 16.1. The Morgan fingerprint density at radius 3 is 2.30 bits per heavy atom. The van der Waals surface area contributed by atoms with E-state index in [9.17, 15) is 9.90 Å². The minimum absolute atomic E-state index is 0.0321. The predicted molar refractivity (Wildman–Crippen MR) is 103 cm³/mol. The predicted octanol–water partition coefficient (Wildman–Crippen LogP) is 3.46. The van der Waals surface area contributed by atoms with Gasteiger partial charge in [0.25, 0.3) is 0 Å². The molecule has 2 aromatic rings. The Morgan fingerprint density at radius 2 is 1.70 bits per heavy atom. The van der Waals surface area contributed by atoms with Crippen molar-refractivity contribution in [1.29, 1.82) is 0 Å². The summed E-state index contributed by atoms with van der Waals surface area (Å²) in [6.07, 6.45) is 0.527. The number of alkyl carbamates (subject to hydrolysis) is 1. The first-order valence-corrected chi connectivity index (χ1v) is 9.50. The minimum Gasteiger partial charge on any atom is -0.449 e. The summed E-state index contributed by atoms with van der Waals surface area (Å²) in [4.78, 5) is 12.3. The van der Waals surface area contributed by atoms with Gasteiger partial charge in [-0.15, -0.1) is 0 Å². The molecule has 1 aliphatic heterocycles. The van der Waals surface area contributed by atoms with Gasteiger partial charge in [0.2, 0.25) is 0 Å². The summed E-state index contributed by atoms with van der Waals surface area (Å²) in [5.41, 5.74) is 3.83. The Morgan fingerprint density at radius 1 is 1.15 bits per heavy atom. The molecule has 1 fully saturated rings. The van der Waals surface area contributed by atoms with Crippen LogP contribution in [0.25, 0.3) is 11.1 Å². The quantitative estimate of drug-likeness (QED) is 0.868. The molecule has 2 N–H and O–H groups in total. The highest BCUT2D eigenvalue weighted by Crippen LogP contribution is 2.44. The summed E-state index contributed by atoms with van der Waals surface area (Å²) in [5, 5.41) is 13.5. The van der Waals surface area contributed by atoms with Gasteiger partial charge in [-0.05, 0) is 29.2 Å². The maximum atomic E-state index is 12.3. The highest BCUT2D eigenvalue weighted by atomic mass is 16.5. The third-order valence-corrected chi connectivity index (χ3v) is 5.84. The summed E-state index contributed by atoms with van der Waals surface area (Å²) >= 11 is 0. The second-order valence-electron chi connectivity index (χ2n) is 7.41. The molecule has 2 aromatic carbocycles. The van der Waals surface area contributed by atoms with Crippen molar-refractivity contribution in [1.82, 2.24) is 5.32 Å². The van der Waals surface area contributed by atoms with E-state index < -0.39 is 17.7 Å². The molecule has 4 rings (SSSR count). The van der Waals surface area contributed by atoms with E-state index in [-0.39, 0.29) is 12.5 Å². The van der Waals surface area contributed by atoms with Crippen LogP contribution in [0.15, 0.2) is 48.5 Å². The number of hydrogen-bond donors (Lipinski definition) is 2. The fourth-order valence-electron chi connectivity index (χ4n) is 4.11. The average molecular weight is 367 g/mol. The highest BCUT2D eigenvalue weighted by Gasteiger charge is 2.37. The van der Waals surface area contributed by atoms with Crippen molar-refractivity contribution in [2.24, 2.45) is 0 Å². The van der Waals surface area contributed by atoms with Gasteiger partial charge in [0.05, 0.1) is 11.6 Å². The number of aliphatic hydroxyl groups is 1. The minimum atomic E-state index is -0.941. The Kier molecular flexibility index (Phi) is 4.89. The van der Waals surface area contributed by atoms with Gasteiger partial charge in [0.1, 0.15) is 6.61 Å². The number of carbonyl (C=O) groups excluding carboxylic acids is 1. The zero-order valence-electron chi connectivity index (χ0n) is 15.5. The van der Waals surface area contributed by atoms with Gasteiger partial charge in [-0.3, -0.25) is 0 Å². The van der Waals surface area contributed by atoms with Crippen molar-refractivity contribution in [3.63, 3.8) is 0 Å². The molecule has 1 aliphatic carbocycles. The Bertz CT molecular complexity index is 783. The number of fused-ring (bicyclic) bond motifs is 3. The fourth-order valence-corrected chi connectivity index (χ4v) is 4.11. The molecular weight excluding hydrogens is 342 g/mol. The van der Waals surface area contributed by atoms with Gasteiger partial charge in [0.15, 0.2) is 0 Å². The zero-order chi connectivity index (χ0) is 18.9. The first kappa shape index (κ1) is 18.0. The summed E-state index contributed by atoms with van der Waals surface area (Å²) in [7, 11) is 0. The molecule has 0 aromatic heterocycles. The SMILES string of the molecule is CC(NC(=O)OCC1c2ccccc2-c2ccccc21)C1(O)CCOCC1. The van der Waals surface area contributed by atoms with Crippen LogP contribution in [0, 0.1) is 0 Å². The molecule has 0 spiro atoms. The molecule has 27 heavy (non-hydrogen) atoms. The lowest BCUT2D eigenvalue weighted by atomic mass is 9.87. The van der Waals surface area contributed by atoms with E-state index in [0.29, 0.717) is 26.1 Å². The van der Waals surface area contributed by atoms with E-state index in [1.165, 1.54) is 22.3 Å². The van der Waals surface area contributed by atoms with Crippen molar-refractivity contribution in [3.05, 3.63) is 59.7 Å². The van der Waals surface area contributed by atoms with Crippen LogP contribution in [0.2, 0.25) is 0 Å². The largest absolute Gasteiger partial charge is 0.449 e. The lowest BCUT2D eigenvalue weighted by molar-refractivity contribution is -0.0808. The highest BCUT2D eigenvalue weighted by molar-refractivity contribution is 5.79. The van der Waals surface area contributed by atoms with Gasteiger partial charge in [-0.1, -0.05) is 48.5 Å². The Balaban J connectivity index is 1.42. The van der Waals surface area contributed by atoms with Gasteiger partial charge in [-0.2, -0.15) is 0 Å². The lowest BCUT2D eigenvalue weighted by Gasteiger charge is -2.37. The van der Waals surface area contributed by atoms with Crippen molar-refractivity contribution < 1.29 is 19.4 Å². The third-order valence-electron chi connectivity index (χ3n) is 5.84. The van der Waals surface area contributed by atoms with E-state index in [1.807, 2.05) is 31.2 Å². The molecular formula is C22H25NO4. The molecule has 1 saturated heterocycles. The number of nitrogens with one attached hydrogen (secondary N) is 1. The molecule has 142 valence electrons. The monoisotopic (exact) mass is 367 g/mol. The molecule has 1 atom stereocenters. The number of carbonyl (C=O) groups is 1. The van der Waals surface area contributed by atoms with Crippen LogP contribution in [0.5, 0.6) is 0 Å². The number of hydrogen-bond acceptors (Lipinski definition) is 4.